The summed E-state index contributed by atoms with van der Waals surface area (Å²) in [5.74, 6) is -2.38. The van der Waals surface area contributed by atoms with Crippen LogP contribution in [0.15, 0.2) is 35.4 Å². The van der Waals surface area contributed by atoms with Crippen LogP contribution in [0.4, 0.5) is 14.5 Å². The van der Waals surface area contributed by atoms with Crippen molar-refractivity contribution in [1.29, 1.82) is 0 Å². The highest BCUT2D eigenvalue weighted by molar-refractivity contribution is 7.92. The van der Waals surface area contributed by atoms with E-state index in [0.717, 1.165) is 12.1 Å². The molecule has 0 bridgehead atoms. The van der Waals surface area contributed by atoms with Crippen molar-refractivity contribution in [2.45, 2.75) is 11.4 Å². The molecular weight excluding hydrogens is 276 g/mol. The van der Waals surface area contributed by atoms with E-state index in [1.807, 2.05) is 4.72 Å². The molecule has 0 atom stereocenters. The van der Waals surface area contributed by atoms with Crippen molar-refractivity contribution in [3.05, 3.63) is 47.8 Å². The van der Waals surface area contributed by atoms with E-state index >= 15 is 0 Å². The first-order valence-electron chi connectivity index (χ1n) is 5.28. The number of hydrogen-bond donors (Lipinski definition) is 3. The zero-order chi connectivity index (χ0) is 14.0. The molecular formula is C11H11F2N3O2S. The van der Waals surface area contributed by atoms with Gasteiger partial charge in [0.15, 0.2) is 11.6 Å². The first kappa shape index (κ1) is 13.5. The number of aromatic amines is 1. The maximum Gasteiger partial charge on any atom is 0.263 e. The number of benzene rings is 1. The summed E-state index contributed by atoms with van der Waals surface area (Å²) in [4.78, 5) is 2.56. The molecule has 1 heterocycles. The Kier molecular flexibility index (Phi) is 3.54. The van der Waals surface area contributed by atoms with Gasteiger partial charge in [0, 0.05) is 18.4 Å². The Hall–Kier alpha value is -1.93. The minimum absolute atomic E-state index is 0.100. The SMILES string of the molecule is NCc1cc(S(=O)(=O)Nc2cccc(F)c2F)c[nH]1. The number of aromatic nitrogens is 1. The molecule has 102 valence electrons. The lowest BCUT2D eigenvalue weighted by atomic mass is 10.3. The van der Waals surface area contributed by atoms with E-state index in [4.69, 9.17) is 5.73 Å². The number of sulfonamides is 1. The molecule has 0 fully saturated rings. The molecule has 0 radical (unpaired) electrons. The summed E-state index contributed by atoms with van der Waals surface area (Å²) in [5, 5.41) is 0. The summed E-state index contributed by atoms with van der Waals surface area (Å²) in [5.41, 5.74) is 5.41. The summed E-state index contributed by atoms with van der Waals surface area (Å²) < 4.78 is 52.2. The fourth-order valence-corrected chi connectivity index (χ4v) is 2.55. The first-order chi connectivity index (χ1) is 8.94. The highest BCUT2D eigenvalue weighted by Gasteiger charge is 2.19. The van der Waals surface area contributed by atoms with Gasteiger partial charge in [-0.2, -0.15) is 0 Å². The fraction of sp³-hybridized carbons (Fsp3) is 0.0909. The third-order valence-electron chi connectivity index (χ3n) is 2.44. The van der Waals surface area contributed by atoms with Crippen LogP contribution in [0.3, 0.4) is 0 Å². The van der Waals surface area contributed by atoms with E-state index in [1.165, 1.54) is 18.3 Å². The van der Waals surface area contributed by atoms with Gasteiger partial charge in [-0.3, -0.25) is 4.72 Å². The van der Waals surface area contributed by atoms with Gasteiger partial charge in [0.25, 0.3) is 10.0 Å². The Morgan fingerprint density at radius 1 is 1.32 bits per heavy atom. The largest absolute Gasteiger partial charge is 0.363 e. The number of halogens is 2. The van der Waals surface area contributed by atoms with Crippen molar-refractivity contribution in [2.75, 3.05) is 4.72 Å². The molecule has 5 nitrogen and oxygen atoms in total. The Morgan fingerprint density at radius 2 is 2.05 bits per heavy atom. The van der Waals surface area contributed by atoms with Crippen LogP contribution in [0.2, 0.25) is 0 Å². The zero-order valence-electron chi connectivity index (χ0n) is 9.65. The molecule has 0 aliphatic rings. The highest BCUT2D eigenvalue weighted by atomic mass is 32.2. The Bertz CT molecular complexity index is 698. The average molecular weight is 287 g/mol. The van der Waals surface area contributed by atoms with E-state index in [9.17, 15) is 17.2 Å². The van der Waals surface area contributed by atoms with Crippen LogP contribution in [0.25, 0.3) is 0 Å². The van der Waals surface area contributed by atoms with E-state index in [-0.39, 0.29) is 11.4 Å². The molecule has 1 aromatic carbocycles. The molecule has 4 N–H and O–H groups in total. The second-order valence-electron chi connectivity index (χ2n) is 3.77. The topological polar surface area (TPSA) is 88.0 Å². The van der Waals surface area contributed by atoms with Crippen molar-refractivity contribution in [3.63, 3.8) is 0 Å². The predicted molar refractivity (Wildman–Crippen MR) is 65.9 cm³/mol. The van der Waals surface area contributed by atoms with Gasteiger partial charge in [0.1, 0.15) is 4.90 Å². The van der Waals surface area contributed by atoms with Crippen LogP contribution in [0, 0.1) is 11.6 Å². The third-order valence-corrected chi connectivity index (χ3v) is 3.79. The molecule has 0 aliphatic carbocycles. The van der Waals surface area contributed by atoms with Gasteiger partial charge < -0.3 is 10.7 Å². The molecule has 0 amide bonds. The van der Waals surface area contributed by atoms with Crippen LogP contribution in [0.1, 0.15) is 5.69 Å². The maximum absolute atomic E-state index is 13.4. The predicted octanol–water partition coefficient (Wildman–Crippen LogP) is 1.55. The van der Waals surface area contributed by atoms with Gasteiger partial charge in [-0.15, -0.1) is 0 Å². The van der Waals surface area contributed by atoms with Crippen LogP contribution < -0.4 is 10.5 Å². The molecule has 0 saturated carbocycles. The van der Waals surface area contributed by atoms with Crippen molar-refractivity contribution in [2.24, 2.45) is 5.73 Å². The molecule has 2 rings (SSSR count). The van der Waals surface area contributed by atoms with E-state index in [2.05, 4.69) is 4.98 Å². The standard InChI is InChI=1S/C11H11F2N3O2S/c12-9-2-1-3-10(11(9)13)16-19(17,18)8-4-7(5-14)15-6-8/h1-4,6,15-16H,5,14H2. The highest BCUT2D eigenvalue weighted by Crippen LogP contribution is 2.21. The normalized spacial score (nSPS) is 11.5. The molecule has 1 aromatic heterocycles. The molecule has 0 aliphatic heterocycles. The van der Waals surface area contributed by atoms with Gasteiger partial charge >= 0.3 is 0 Å². The number of hydrogen-bond acceptors (Lipinski definition) is 3. The summed E-state index contributed by atoms with van der Waals surface area (Å²) in [6, 6.07) is 4.56. The Morgan fingerprint density at radius 3 is 2.68 bits per heavy atom. The number of rotatable bonds is 4. The number of anilines is 1. The van der Waals surface area contributed by atoms with Crippen LogP contribution in [0.5, 0.6) is 0 Å². The van der Waals surface area contributed by atoms with Crippen LogP contribution in [-0.2, 0) is 16.6 Å². The molecule has 8 heteroatoms. The summed E-state index contributed by atoms with van der Waals surface area (Å²) in [6.45, 7) is 0.143. The molecule has 0 spiro atoms. The van der Waals surface area contributed by atoms with Gasteiger partial charge in [-0.25, -0.2) is 17.2 Å². The van der Waals surface area contributed by atoms with Gasteiger partial charge in [-0.05, 0) is 18.2 Å². The molecule has 0 saturated heterocycles. The maximum atomic E-state index is 13.4. The summed E-state index contributed by atoms with van der Waals surface area (Å²) in [7, 11) is -3.99. The van der Waals surface area contributed by atoms with Gasteiger partial charge in [0.05, 0.1) is 5.69 Å². The Labute approximate surface area is 108 Å². The lowest BCUT2D eigenvalue weighted by Gasteiger charge is -2.07. The number of nitrogens with one attached hydrogen (secondary N) is 2. The van der Waals surface area contributed by atoms with Crippen molar-refractivity contribution < 1.29 is 17.2 Å². The van der Waals surface area contributed by atoms with Crippen molar-refractivity contribution >= 4 is 15.7 Å². The fourth-order valence-electron chi connectivity index (χ4n) is 1.48. The minimum Gasteiger partial charge on any atom is -0.363 e. The minimum atomic E-state index is -3.99. The Balaban J connectivity index is 2.33. The molecule has 19 heavy (non-hydrogen) atoms. The summed E-state index contributed by atoms with van der Waals surface area (Å²) >= 11 is 0. The second-order valence-corrected chi connectivity index (χ2v) is 5.45. The van der Waals surface area contributed by atoms with E-state index in [1.54, 1.807) is 0 Å². The third kappa shape index (κ3) is 2.74. The average Bonchev–Trinajstić information content (AvgIpc) is 2.84. The molecule has 0 unspecified atom stereocenters. The summed E-state index contributed by atoms with van der Waals surface area (Å²) in [6.07, 6.45) is 1.22. The van der Waals surface area contributed by atoms with Crippen molar-refractivity contribution in [3.8, 4) is 0 Å². The zero-order valence-corrected chi connectivity index (χ0v) is 10.5. The second kappa shape index (κ2) is 4.98. The quantitative estimate of drug-likeness (QED) is 0.797. The van der Waals surface area contributed by atoms with E-state index < -0.39 is 27.3 Å². The first-order valence-corrected chi connectivity index (χ1v) is 6.76. The smallest absolute Gasteiger partial charge is 0.263 e. The van der Waals surface area contributed by atoms with Gasteiger partial charge in [0.2, 0.25) is 0 Å². The van der Waals surface area contributed by atoms with Crippen LogP contribution in [-0.4, -0.2) is 13.4 Å². The lowest BCUT2D eigenvalue weighted by molar-refractivity contribution is 0.511. The number of H-pyrrole nitrogens is 1. The molecule has 2 aromatic rings. The number of nitrogens with two attached hydrogens (primary N) is 1. The van der Waals surface area contributed by atoms with Gasteiger partial charge in [-0.1, -0.05) is 6.07 Å². The lowest BCUT2D eigenvalue weighted by Crippen LogP contribution is -2.13. The monoisotopic (exact) mass is 287 g/mol. The van der Waals surface area contributed by atoms with Crippen LogP contribution >= 0.6 is 0 Å². The van der Waals surface area contributed by atoms with Crippen molar-refractivity contribution in [1.82, 2.24) is 4.98 Å². The van der Waals surface area contributed by atoms with E-state index in [0.29, 0.717) is 5.69 Å².